The Balaban J connectivity index is 1.89. The summed E-state index contributed by atoms with van der Waals surface area (Å²) >= 11 is 0. The van der Waals surface area contributed by atoms with E-state index in [1.54, 1.807) is 12.1 Å². The molecule has 0 spiro atoms. The molecule has 8 heteroatoms. The molecular formula is C21H26N2O5S. The molecule has 7 nitrogen and oxygen atoms in total. The molecular weight excluding hydrogens is 392 g/mol. The van der Waals surface area contributed by atoms with Gasteiger partial charge in [0.1, 0.15) is 5.75 Å². The van der Waals surface area contributed by atoms with Gasteiger partial charge in [-0.25, -0.2) is 8.42 Å². The summed E-state index contributed by atoms with van der Waals surface area (Å²) in [5, 5.41) is 11.6. The van der Waals surface area contributed by atoms with Crippen molar-refractivity contribution in [2.45, 2.75) is 50.3 Å². The molecule has 1 aliphatic heterocycles. The molecule has 156 valence electrons. The number of nitro groups is 1. The first-order chi connectivity index (χ1) is 13.6. The van der Waals surface area contributed by atoms with E-state index in [1.807, 2.05) is 12.1 Å². The Bertz CT molecular complexity index is 989. The average molecular weight is 419 g/mol. The average Bonchev–Trinajstić information content (AvgIpc) is 2.68. The summed E-state index contributed by atoms with van der Waals surface area (Å²) in [6.45, 7) is 7.16. The predicted octanol–water partition coefficient (Wildman–Crippen LogP) is 4.86. The van der Waals surface area contributed by atoms with E-state index in [9.17, 15) is 18.5 Å². The molecule has 2 aromatic carbocycles. The first kappa shape index (κ1) is 21.3. The highest BCUT2D eigenvalue weighted by Crippen LogP contribution is 2.35. The van der Waals surface area contributed by atoms with E-state index >= 15 is 0 Å². The van der Waals surface area contributed by atoms with Crippen LogP contribution >= 0.6 is 0 Å². The molecule has 3 rings (SSSR count). The van der Waals surface area contributed by atoms with E-state index in [-0.39, 0.29) is 21.7 Å². The lowest BCUT2D eigenvalue weighted by Gasteiger charge is -2.25. The Kier molecular flexibility index (Phi) is 5.95. The molecule has 1 fully saturated rings. The summed E-state index contributed by atoms with van der Waals surface area (Å²) in [5.41, 5.74) is 0.722. The summed E-state index contributed by atoms with van der Waals surface area (Å²) in [7, 11) is -3.76. The number of benzene rings is 2. The standard InChI is InChI=1S/C21H26N2O5S/c1-21(2,3)16-7-9-17(10-8-16)28-20-12-11-18(15-19(20)23(24)25)29(26,27)22-13-5-4-6-14-22/h7-12,15H,4-6,13-14H2,1-3H3. The molecule has 1 heterocycles. The summed E-state index contributed by atoms with van der Waals surface area (Å²) < 4.78 is 32.7. The van der Waals surface area contributed by atoms with Gasteiger partial charge < -0.3 is 4.74 Å². The van der Waals surface area contributed by atoms with Gasteiger partial charge >= 0.3 is 5.69 Å². The molecule has 0 aromatic heterocycles. The van der Waals surface area contributed by atoms with Crippen molar-refractivity contribution in [3.63, 3.8) is 0 Å². The normalized spacial score (nSPS) is 15.8. The second-order valence-electron chi connectivity index (χ2n) is 8.23. The molecule has 0 amide bonds. The number of piperidine rings is 1. The lowest BCUT2D eigenvalue weighted by Crippen LogP contribution is -2.35. The van der Waals surface area contributed by atoms with Crippen molar-refractivity contribution in [1.29, 1.82) is 0 Å². The van der Waals surface area contributed by atoms with Crippen LogP contribution in [-0.2, 0) is 15.4 Å². The minimum Gasteiger partial charge on any atom is -0.450 e. The van der Waals surface area contributed by atoms with Gasteiger partial charge in [-0.3, -0.25) is 10.1 Å². The van der Waals surface area contributed by atoms with Crippen molar-refractivity contribution >= 4 is 15.7 Å². The third-order valence-corrected chi connectivity index (χ3v) is 6.92. The van der Waals surface area contributed by atoms with E-state index in [1.165, 1.54) is 16.4 Å². The number of hydrogen-bond donors (Lipinski definition) is 0. The van der Waals surface area contributed by atoms with Crippen LogP contribution in [-0.4, -0.2) is 30.7 Å². The first-order valence-electron chi connectivity index (χ1n) is 9.66. The zero-order valence-corrected chi connectivity index (χ0v) is 17.7. The predicted molar refractivity (Wildman–Crippen MR) is 111 cm³/mol. The number of sulfonamides is 1. The Morgan fingerprint density at radius 3 is 2.17 bits per heavy atom. The van der Waals surface area contributed by atoms with Crippen molar-refractivity contribution < 1.29 is 18.1 Å². The van der Waals surface area contributed by atoms with E-state index < -0.39 is 14.9 Å². The lowest BCUT2D eigenvalue weighted by atomic mass is 9.87. The summed E-state index contributed by atoms with van der Waals surface area (Å²) in [6.07, 6.45) is 2.59. The van der Waals surface area contributed by atoms with E-state index in [4.69, 9.17) is 4.74 Å². The highest BCUT2D eigenvalue weighted by molar-refractivity contribution is 7.89. The maximum atomic E-state index is 12.8. The van der Waals surface area contributed by atoms with Gasteiger partial charge in [-0.2, -0.15) is 4.31 Å². The number of ether oxygens (including phenoxy) is 1. The van der Waals surface area contributed by atoms with Crippen LogP contribution in [0, 0.1) is 10.1 Å². The van der Waals surface area contributed by atoms with Crippen LogP contribution in [0.4, 0.5) is 5.69 Å². The molecule has 0 unspecified atom stereocenters. The molecule has 0 bridgehead atoms. The molecule has 0 N–H and O–H groups in total. The summed E-state index contributed by atoms with van der Waals surface area (Å²) in [5.74, 6) is 0.462. The maximum absolute atomic E-state index is 12.8. The highest BCUT2D eigenvalue weighted by atomic mass is 32.2. The fraction of sp³-hybridized carbons (Fsp3) is 0.429. The van der Waals surface area contributed by atoms with E-state index in [0.29, 0.717) is 18.8 Å². The van der Waals surface area contributed by atoms with Gasteiger partial charge in [0.05, 0.1) is 9.82 Å². The molecule has 29 heavy (non-hydrogen) atoms. The number of hydrogen-bond acceptors (Lipinski definition) is 5. The summed E-state index contributed by atoms with van der Waals surface area (Å²) in [6, 6.07) is 11.1. The van der Waals surface area contributed by atoms with E-state index in [2.05, 4.69) is 20.8 Å². The minimum absolute atomic E-state index is 0.0103. The van der Waals surface area contributed by atoms with Crippen LogP contribution in [0.5, 0.6) is 11.5 Å². The van der Waals surface area contributed by atoms with Crippen LogP contribution in [0.15, 0.2) is 47.4 Å². The van der Waals surface area contributed by atoms with E-state index in [0.717, 1.165) is 30.9 Å². The van der Waals surface area contributed by atoms with Gasteiger partial charge in [-0.1, -0.05) is 39.3 Å². The van der Waals surface area contributed by atoms with Gasteiger partial charge in [0.25, 0.3) is 0 Å². The number of nitrogens with zero attached hydrogens (tertiary/aromatic N) is 2. The molecule has 1 aliphatic rings. The number of nitro benzene ring substituents is 1. The number of rotatable bonds is 5. The topological polar surface area (TPSA) is 89.8 Å². The Morgan fingerprint density at radius 1 is 1.00 bits per heavy atom. The van der Waals surface area contributed by atoms with Crippen LogP contribution in [0.25, 0.3) is 0 Å². The Morgan fingerprint density at radius 2 is 1.62 bits per heavy atom. The summed E-state index contributed by atoms with van der Waals surface area (Å²) in [4.78, 5) is 10.9. The van der Waals surface area contributed by atoms with Gasteiger partial charge in [-0.15, -0.1) is 0 Å². The Hall–Kier alpha value is -2.45. The molecule has 0 radical (unpaired) electrons. The van der Waals surface area contributed by atoms with Crippen molar-refractivity contribution in [3.05, 3.63) is 58.1 Å². The second-order valence-corrected chi connectivity index (χ2v) is 10.2. The van der Waals surface area contributed by atoms with Crippen molar-refractivity contribution in [2.75, 3.05) is 13.1 Å². The first-order valence-corrected chi connectivity index (χ1v) is 11.1. The van der Waals surface area contributed by atoms with Crippen LogP contribution in [0.1, 0.15) is 45.6 Å². The van der Waals surface area contributed by atoms with Gasteiger partial charge in [0.2, 0.25) is 15.8 Å². The molecule has 2 aromatic rings. The highest BCUT2D eigenvalue weighted by Gasteiger charge is 2.29. The largest absolute Gasteiger partial charge is 0.450 e. The Labute approximate surface area is 171 Å². The van der Waals surface area contributed by atoms with Crippen LogP contribution < -0.4 is 4.74 Å². The molecule has 0 aliphatic carbocycles. The minimum atomic E-state index is -3.76. The maximum Gasteiger partial charge on any atom is 0.312 e. The van der Waals surface area contributed by atoms with Gasteiger partial charge in [-0.05, 0) is 48.1 Å². The monoisotopic (exact) mass is 418 g/mol. The zero-order chi connectivity index (χ0) is 21.2. The van der Waals surface area contributed by atoms with Crippen molar-refractivity contribution in [1.82, 2.24) is 4.31 Å². The third-order valence-electron chi connectivity index (χ3n) is 5.03. The zero-order valence-electron chi connectivity index (χ0n) is 16.9. The fourth-order valence-corrected chi connectivity index (χ4v) is 4.83. The second kappa shape index (κ2) is 8.12. The quantitative estimate of drug-likeness (QED) is 0.511. The smallest absolute Gasteiger partial charge is 0.312 e. The SMILES string of the molecule is CC(C)(C)c1ccc(Oc2ccc(S(=O)(=O)N3CCCCC3)cc2[N+](=O)[O-])cc1. The fourth-order valence-electron chi connectivity index (χ4n) is 3.29. The molecule has 0 atom stereocenters. The van der Waals surface area contributed by atoms with Gasteiger partial charge in [0.15, 0.2) is 0 Å². The van der Waals surface area contributed by atoms with Crippen LogP contribution in [0.2, 0.25) is 0 Å². The lowest BCUT2D eigenvalue weighted by molar-refractivity contribution is -0.385. The van der Waals surface area contributed by atoms with Crippen molar-refractivity contribution in [2.24, 2.45) is 0 Å². The van der Waals surface area contributed by atoms with Crippen LogP contribution in [0.3, 0.4) is 0 Å². The third kappa shape index (κ3) is 4.76. The molecule has 1 saturated heterocycles. The molecule has 0 saturated carbocycles. The van der Waals surface area contributed by atoms with Crippen molar-refractivity contribution in [3.8, 4) is 11.5 Å². The van der Waals surface area contributed by atoms with Gasteiger partial charge in [0, 0.05) is 19.2 Å².